The highest BCUT2D eigenvalue weighted by atomic mass is 32.1. The summed E-state index contributed by atoms with van der Waals surface area (Å²) in [4.78, 5) is 2.54. The van der Waals surface area contributed by atoms with Gasteiger partial charge in [0.05, 0.1) is 6.10 Å². The third kappa shape index (κ3) is 4.59. The summed E-state index contributed by atoms with van der Waals surface area (Å²) in [5.41, 5.74) is 0.114. The molecule has 0 saturated carbocycles. The summed E-state index contributed by atoms with van der Waals surface area (Å²) < 4.78 is 26.4. The first-order chi connectivity index (χ1) is 9.95. The van der Waals surface area contributed by atoms with Crippen LogP contribution in [0.4, 0.5) is 8.78 Å². The SMILES string of the molecule is Cc1ccc(CC(C)NCC(O)c2ccc(F)cc2F)s1. The van der Waals surface area contributed by atoms with Gasteiger partial charge in [-0.15, -0.1) is 11.3 Å². The first kappa shape index (κ1) is 16.1. The Morgan fingerprint density at radius 3 is 2.62 bits per heavy atom. The van der Waals surface area contributed by atoms with E-state index in [1.54, 1.807) is 11.3 Å². The average molecular weight is 311 g/mol. The van der Waals surface area contributed by atoms with Gasteiger partial charge < -0.3 is 10.4 Å². The van der Waals surface area contributed by atoms with Gasteiger partial charge in [-0.3, -0.25) is 0 Å². The van der Waals surface area contributed by atoms with E-state index in [9.17, 15) is 13.9 Å². The zero-order valence-electron chi connectivity index (χ0n) is 12.1. The lowest BCUT2D eigenvalue weighted by Crippen LogP contribution is -2.32. The molecule has 114 valence electrons. The lowest BCUT2D eigenvalue weighted by Gasteiger charge is -2.17. The molecule has 0 amide bonds. The molecule has 0 spiro atoms. The first-order valence-electron chi connectivity index (χ1n) is 6.87. The third-order valence-corrected chi connectivity index (χ3v) is 4.31. The number of rotatable bonds is 6. The van der Waals surface area contributed by atoms with Gasteiger partial charge in [0.15, 0.2) is 0 Å². The van der Waals surface area contributed by atoms with Gasteiger partial charge in [-0.05, 0) is 38.5 Å². The molecule has 0 aliphatic carbocycles. The molecule has 2 aromatic rings. The Bertz CT molecular complexity index is 600. The smallest absolute Gasteiger partial charge is 0.131 e. The monoisotopic (exact) mass is 311 g/mol. The maximum absolute atomic E-state index is 13.5. The van der Waals surface area contributed by atoms with Crippen molar-refractivity contribution in [3.05, 3.63) is 57.3 Å². The van der Waals surface area contributed by atoms with E-state index in [0.717, 1.165) is 18.6 Å². The zero-order valence-corrected chi connectivity index (χ0v) is 12.9. The molecule has 2 rings (SSSR count). The summed E-state index contributed by atoms with van der Waals surface area (Å²) >= 11 is 1.75. The molecular formula is C16H19F2NOS. The van der Waals surface area contributed by atoms with Crippen molar-refractivity contribution in [1.82, 2.24) is 5.32 Å². The Hall–Kier alpha value is -1.30. The molecule has 2 unspecified atom stereocenters. The standard InChI is InChI=1S/C16H19F2NOS/c1-10(7-13-5-3-11(2)21-13)19-9-16(20)14-6-4-12(17)8-15(14)18/h3-6,8,10,16,19-20H,7,9H2,1-2H3. The number of aliphatic hydroxyl groups excluding tert-OH is 1. The van der Waals surface area contributed by atoms with E-state index in [4.69, 9.17) is 0 Å². The van der Waals surface area contributed by atoms with Gasteiger partial charge in [0.1, 0.15) is 11.6 Å². The molecule has 1 aromatic heterocycles. The quantitative estimate of drug-likeness (QED) is 0.854. The Morgan fingerprint density at radius 1 is 1.24 bits per heavy atom. The largest absolute Gasteiger partial charge is 0.387 e. The average Bonchev–Trinajstić information content (AvgIpc) is 2.81. The van der Waals surface area contributed by atoms with Crippen LogP contribution in [0.25, 0.3) is 0 Å². The summed E-state index contributed by atoms with van der Waals surface area (Å²) in [6, 6.07) is 7.56. The van der Waals surface area contributed by atoms with Crippen LogP contribution in [-0.2, 0) is 6.42 Å². The van der Waals surface area contributed by atoms with Crippen LogP contribution in [-0.4, -0.2) is 17.7 Å². The van der Waals surface area contributed by atoms with Crippen molar-refractivity contribution < 1.29 is 13.9 Å². The van der Waals surface area contributed by atoms with E-state index in [-0.39, 0.29) is 18.2 Å². The highest BCUT2D eigenvalue weighted by Gasteiger charge is 2.14. The Labute approximate surface area is 127 Å². The number of halogens is 2. The Morgan fingerprint density at radius 2 is 2.00 bits per heavy atom. The van der Waals surface area contributed by atoms with Crippen LogP contribution in [0.2, 0.25) is 0 Å². The van der Waals surface area contributed by atoms with E-state index in [0.29, 0.717) is 0 Å². The van der Waals surface area contributed by atoms with E-state index in [1.165, 1.54) is 15.8 Å². The van der Waals surface area contributed by atoms with E-state index < -0.39 is 17.7 Å². The maximum atomic E-state index is 13.5. The fourth-order valence-electron chi connectivity index (χ4n) is 2.16. The van der Waals surface area contributed by atoms with Crippen LogP contribution in [0.3, 0.4) is 0 Å². The van der Waals surface area contributed by atoms with Crippen LogP contribution in [0.5, 0.6) is 0 Å². The number of hydrogen-bond acceptors (Lipinski definition) is 3. The fraction of sp³-hybridized carbons (Fsp3) is 0.375. The first-order valence-corrected chi connectivity index (χ1v) is 7.69. The van der Waals surface area contributed by atoms with Crippen LogP contribution in [0.15, 0.2) is 30.3 Å². The summed E-state index contributed by atoms with van der Waals surface area (Å²) in [7, 11) is 0. The summed E-state index contributed by atoms with van der Waals surface area (Å²) in [6.45, 7) is 4.31. The second kappa shape index (κ2) is 7.11. The molecule has 1 heterocycles. The number of aliphatic hydroxyl groups is 1. The zero-order chi connectivity index (χ0) is 15.4. The topological polar surface area (TPSA) is 32.3 Å². The molecule has 2 atom stereocenters. The van der Waals surface area contributed by atoms with Crippen LogP contribution in [0.1, 0.15) is 28.3 Å². The van der Waals surface area contributed by atoms with Gasteiger partial charge in [-0.2, -0.15) is 0 Å². The van der Waals surface area contributed by atoms with Gasteiger partial charge in [0, 0.05) is 34.0 Å². The van der Waals surface area contributed by atoms with Crippen LogP contribution < -0.4 is 5.32 Å². The number of aryl methyl sites for hydroxylation is 1. The molecule has 1 aromatic carbocycles. The highest BCUT2D eigenvalue weighted by molar-refractivity contribution is 7.11. The molecule has 0 aliphatic heterocycles. The molecule has 0 aliphatic rings. The minimum atomic E-state index is -0.988. The molecule has 0 fully saturated rings. The van der Waals surface area contributed by atoms with Crippen molar-refractivity contribution in [2.24, 2.45) is 0 Å². The normalized spacial score (nSPS) is 14.1. The predicted molar refractivity (Wildman–Crippen MR) is 81.5 cm³/mol. The molecule has 2 nitrogen and oxygen atoms in total. The molecule has 0 bridgehead atoms. The molecule has 21 heavy (non-hydrogen) atoms. The maximum Gasteiger partial charge on any atom is 0.131 e. The van der Waals surface area contributed by atoms with Crippen molar-refractivity contribution >= 4 is 11.3 Å². The lowest BCUT2D eigenvalue weighted by molar-refractivity contribution is 0.166. The minimum absolute atomic E-state index is 0.114. The minimum Gasteiger partial charge on any atom is -0.387 e. The summed E-state index contributed by atoms with van der Waals surface area (Å²) in [6.07, 6.45) is -0.130. The van der Waals surface area contributed by atoms with Gasteiger partial charge in [-0.1, -0.05) is 6.07 Å². The summed E-state index contributed by atoms with van der Waals surface area (Å²) in [5, 5.41) is 13.2. The second-order valence-corrected chi connectivity index (χ2v) is 6.58. The Balaban J connectivity index is 1.86. The van der Waals surface area contributed by atoms with E-state index in [2.05, 4.69) is 24.4 Å². The number of benzene rings is 1. The van der Waals surface area contributed by atoms with E-state index >= 15 is 0 Å². The lowest BCUT2D eigenvalue weighted by atomic mass is 10.1. The van der Waals surface area contributed by atoms with Crippen LogP contribution >= 0.6 is 11.3 Å². The third-order valence-electron chi connectivity index (χ3n) is 3.28. The van der Waals surface area contributed by atoms with Gasteiger partial charge in [-0.25, -0.2) is 8.78 Å². The van der Waals surface area contributed by atoms with Gasteiger partial charge in [0.2, 0.25) is 0 Å². The van der Waals surface area contributed by atoms with Gasteiger partial charge in [0.25, 0.3) is 0 Å². The molecular weight excluding hydrogens is 292 g/mol. The van der Waals surface area contributed by atoms with Crippen molar-refractivity contribution in [2.45, 2.75) is 32.4 Å². The molecule has 0 saturated heterocycles. The Kier molecular flexibility index (Phi) is 5.45. The number of thiophene rings is 1. The van der Waals surface area contributed by atoms with Crippen molar-refractivity contribution in [3.8, 4) is 0 Å². The number of hydrogen-bond donors (Lipinski definition) is 2. The van der Waals surface area contributed by atoms with Crippen LogP contribution in [0, 0.1) is 18.6 Å². The predicted octanol–water partition coefficient (Wildman–Crippen LogP) is 3.59. The fourth-order valence-corrected chi connectivity index (χ4v) is 3.18. The second-order valence-electron chi connectivity index (χ2n) is 5.21. The van der Waals surface area contributed by atoms with Gasteiger partial charge >= 0.3 is 0 Å². The molecule has 2 N–H and O–H groups in total. The number of nitrogens with one attached hydrogen (secondary N) is 1. The summed E-state index contributed by atoms with van der Waals surface area (Å²) in [5.74, 6) is -1.36. The van der Waals surface area contributed by atoms with Crippen molar-refractivity contribution in [3.63, 3.8) is 0 Å². The highest BCUT2D eigenvalue weighted by Crippen LogP contribution is 2.19. The van der Waals surface area contributed by atoms with E-state index in [1.807, 2.05) is 6.92 Å². The molecule has 0 radical (unpaired) electrons. The molecule has 5 heteroatoms. The van der Waals surface area contributed by atoms with Crippen molar-refractivity contribution in [2.75, 3.05) is 6.54 Å². The van der Waals surface area contributed by atoms with Crippen molar-refractivity contribution in [1.29, 1.82) is 0 Å².